The van der Waals surface area contributed by atoms with Crippen molar-refractivity contribution in [1.29, 1.82) is 0 Å². The van der Waals surface area contributed by atoms with Gasteiger partial charge in [0.05, 0.1) is 5.56 Å². The van der Waals surface area contributed by atoms with E-state index in [4.69, 9.17) is 0 Å². The standard InChI is InChI=1S/C12H10F2O/c1-9(13)3-2-4-11-7-10(8-15)5-6-12(11)14/h5-9H,3H2,1H3. The highest BCUT2D eigenvalue weighted by atomic mass is 19.1. The molecule has 0 bridgehead atoms. The molecule has 1 aromatic carbocycles. The SMILES string of the molecule is CC(F)CC#Cc1cc(C=O)ccc1F. The summed E-state index contributed by atoms with van der Waals surface area (Å²) in [4.78, 5) is 10.4. The molecule has 0 spiro atoms. The minimum atomic E-state index is -1.03. The van der Waals surface area contributed by atoms with Crippen LogP contribution in [-0.2, 0) is 0 Å². The molecule has 3 heteroatoms. The molecule has 0 aliphatic carbocycles. The number of halogens is 2. The van der Waals surface area contributed by atoms with Crippen molar-refractivity contribution in [2.75, 3.05) is 0 Å². The summed E-state index contributed by atoms with van der Waals surface area (Å²) in [6.45, 7) is 1.38. The van der Waals surface area contributed by atoms with E-state index < -0.39 is 12.0 Å². The quantitative estimate of drug-likeness (QED) is 0.539. The van der Waals surface area contributed by atoms with Crippen LogP contribution in [0.5, 0.6) is 0 Å². The first-order valence-corrected chi connectivity index (χ1v) is 4.51. The fourth-order valence-electron chi connectivity index (χ4n) is 0.999. The Morgan fingerprint density at radius 1 is 1.53 bits per heavy atom. The predicted octanol–water partition coefficient (Wildman–Crippen LogP) is 2.74. The second kappa shape index (κ2) is 5.26. The Bertz CT molecular complexity index is 413. The Morgan fingerprint density at radius 2 is 2.27 bits per heavy atom. The van der Waals surface area contributed by atoms with Crippen LogP contribution in [0, 0.1) is 17.7 Å². The summed E-state index contributed by atoms with van der Waals surface area (Å²) in [6.07, 6.45) is -0.359. The van der Waals surface area contributed by atoms with E-state index in [2.05, 4.69) is 11.8 Å². The maximum Gasteiger partial charge on any atom is 0.150 e. The van der Waals surface area contributed by atoms with Crippen molar-refractivity contribution in [3.05, 3.63) is 35.1 Å². The van der Waals surface area contributed by atoms with Crippen LogP contribution in [0.2, 0.25) is 0 Å². The molecule has 1 nitrogen and oxygen atoms in total. The van der Waals surface area contributed by atoms with Gasteiger partial charge in [0.25, 0.3) is 0 Å². The summed E-state index contributed by atoms with van der Waals surface area (Å²) < 4.78 is 25.5. The first-order valence-electron chi connectivity index (χ1n) is 4.51. The van der Waals surface area contributed by atoms with Gasteiger partial charge in [0.15, 0.2) is 0 Å². The van der Waals surface area contributed by atoms with Gasteiger partial charge in [-0.15, -0.1) is 0 Å². The van der Waals surface area contributed by atoms with Gasteiger partial charge in [-0.2, -0.15) is 0 Å². The van der Waals surface area contributed by atoms with Gasteiger partial charge in [-0.1, -0.05) is 11.8 Å². The van der Waals surface area contributed by atoms with E-state index in [1.807, 2.05) is 0 Å². The largest absolute Gasteiger partial charge is 0.298 e. The molecule has 1 rings (SSSR count). The monoisotopic (exact) mass is 208 g/mol. The van der Waals surface area contributed by atoms with Gasteiger partial charge in [-0.3, -0.25) is 4.79 Å². The number of hydrogen-bond donors (Lipinski definition) is 0. The number of aldehydes is 1. The zero-order valence-corrected chi connectivity index (χ0v) is 8.26. The molecule has 78 valence electrons. The van der Waals surface area contributed by atoms with Crippen LogP contribution in [0.25, 0.3) is 0 Å². The molecule has 0 aliphatic heterocycles. The molecule has 1 atom stereocenters. The van der Waals surface area contributed by atoms with Crippen molar-refractivity contribution in [1.82, 2.24) is 0 Å². The van der Waals surface area contributed by atoms with E-state index in [-0.39, 0.29) is 12.0 Å². The third-order valence-corrected chi connectivity index (χ3v) is 1.73. The Morgan fingerprint density at radius 3 is 2.87 bits per heavy atom. The van der Waals surface area contributed by atoms with E-state index in [1.54, 1.807) is 0 Å². The third kappa shape index (κ3) is 3.51. The van der Waals surface area contributed by atoms with Gasteiger partial charge in [0.1, 0.15) is 18.3 Å². The molecule has 0 radical (unpaired) electrons. The lowest BCUT2D eigenvalue weighted by Gasteiger charge is -1.95. The Hall–Kier alpha value is -1.69. The second-order valence-corrected chi connectivity index (χ2v) is 3.14. The third-order valence-electron chi connectivity index (χ3n) is 1.73. The van der Waals surface area contributed by atoms with Crippen molar-refractivity contribution < 1.29 is 13.6 Å². The molecular formula is C12H10F2O. The maximum absolute atomic E-state index is 13.1. The zero-order valence-electron chi connectivity index (χ0n) is 8.26. The van der Waals surface area contributed by atoms with Crippen molar-refractivity contribution in [2.24, 2.45) is 0 Å². The lowest BCUT2D eigenvalue weighted by atomic mass is 10.1. The molecule has 0 aliphatic rings. The van der Waals surface area contributed by atoms with Gasteiger partial charge in [0.2, 0.25) is 0 Å². The van der Waals surface area contributed by atoms with E-state index in [1.165, 1.54) is 25.1 Å². The molecule has 0 saturated carbocycles. The molecule has 1 unspecified atom stereocenters. The van der Waals surface area contributed by atoms with Gasteiger partial charge in [-0.05, 0) is 25.1 Å². The summed E-state index contributed by atoms with van der Waals surface area (Å²) in [7, 11) is 0. The normalized spacial score (nSPS) is 11.4. The number of rotatable bonds is 2. The van der Waals surface area contributed by atoms with Gasteiger partial charge >= 0.3 is 0 Å². The number of carbonyl (C=O) groups excluding carboxylic acids is 1. The molecule has 0 saturated heterocycles. The van der Waals surface area contributed by atoms with Crippen LogP contribution in [0.3, 0.4) is 0 Å². The average Bonchev–Trinajstić information content (AvgIpc) is 2.20. The molecule has 0 fully saturated rings. The number of hydrogen-bond acceptors (Lipinski definition) is 1. The first-order chi connectivity index (χ1) is 7.13. The molecule has 1 aromatic rings. The minimum absolute atomic E-state index is 0.0603. The molecule has 0 N–H and O–H groups in total. The van der Waals surface area contributed by atoms with Gasteiger partial charge in [-0.25, -0.2) is 8.78 Å². The highest BCUT2D eigenvalue weighted by Crippen LogP contribution is 2.08. The van der Waals surface area contributed by atoms with Gasteiger partial charge in [0, 0.05) is 12.0 Å². The topological polar surface area (TPSA) is 17.1 Å². The summed E-state index contributed by atoms with van der Waals surface area (Å²) >= 11 is 0. The lowest BCUT2D eigenvalue weighted by molar-refractivity contribution is 0.112. The molecule has 15 heavy (non-hydrogen) atoms. The fraction of sp³-hybridized carbons (Fsp3) is 0.250. The van der Waals surface area contributed by atoms with Crippen LogP contribution in [0.1, 0.15) is 29.3 Å². The van der Waals surface area contributed by atoms with E-state index in [0.29, 0.717) is 11.8 Å². The Kier molecular flexibility index (Phi) is 3.99. The number of benzene rings is 1. The zero-order chi connectivity index (χ0) is 11.3. The summed E-state index contributed by atoms with van der Waals surface area (Å²) in [5.74, 6) is 4.51. The van der Waals surface area contributed by atoms with Gasteiger partial charge < -0.3 is 0 Å². The van der Waals surface area contributed by atoms with E-state index in [0.717, 1.165) is 0 Å². The maximum atomic E-state index is 13.1. The molecular weight excluding hydrogens is 198 g/mol. The fourth-order valence-corrected chi connectivity index (χ4v) is 0.999. The Balaban J connectivity index is 2.91. The van der Waals surface area contributed by atoms with Crippen LogP contribution in [0.15, 0.2) is 18.2 Å². The highest BCUT2D eigenvalue weighted by Gasteiger charge is 2.00. The molecule has 0 heterocycles. The average molecular weight is 208 g/mol. The van der Waals surface area contributed by atoms with Crippen LogP contribution < -0.4 is 0 Å². The van der Waals surface area contributed by atoms with Crippen molar-refractivity contribution in [2.45, 2.75) is 19.5 Å². The number of carbonyl (C=O) groups is 1. The van der Waals surface area contributed by atoms with Crippen molar-refractivity contribution >= 4 is 6.29 Å². The van der Waals surface area contributed by atoms with Crippen LogP contribution in [-0.4, -0.2) is 12.5 Å². The lowest BCUT2D eigenvalue weighted by Crippen LogP contribution is -1.90. The minimum Gasteiger partial charge on any atom is -0.298 e. The predicted molar refractivity (Wildman–Crippen MR) is 53.9 cm³/mol. The van der Waals surface area contributed by atoms with Crippen molar-refractivity contribution in [3.8, 4) is 11.8 Å². The summed E-state index contributed by atoms with van der Waals surface area (Å²) in [6, 6.07) is 3.89. The van der Waals surface area contributed by atoms with Crippen LogP contribution in [0.4, 0.5) is 8.78 Å². The first kappa shape index (κ1) is 11.4. The highest BCUT2D eigenvalue weighted by molar-refractivity contribution is 5.75. The Labute approximate surface area is 87.1 Å². The second-order valence-electron chi connectivity index (χ2n) is 3.14. The molecule has 0 amide bonds. The number of alkyl halides is 1. The summed E-state index contributed by atoms with van der Waals surface area (Å²) in [5, 5.41) is 0. The van der Waals surface area contributed by atoms with Crippen LogP contribution >= 0.6 is 0 Å². The molecule has 0 aromatic heterocycles. The van der Waals surface area contributed by atoms with E-state index in [9.17, 15) is 13.6 Å². The summed E-state index contributed by atoms with van der Waals surface area (Å²) in [5.41, 5.74) is 0.481. The van der Waals surface area contributed by atoms with Crippen molar-refractivity contribution in [3.63, 3.8) is 0 Å². The van der Waals surface area contributed by atoms with E-state index >= 15 is 0 Å². The smallest absolute Gasteiger partial charge is 0.150 e.